The molecule has 0 rings (SSSR count). The zero-order chi connectivity index (χ0) is 39.1. The molecular formula is C42H73O10P. The Bertz CT molecular complexity index is 1070. The van der Waals surface area contributed by atoms with Crippen molar-refractivity contribution < 1.29 is 47.8 Å². The minimum absolute atomic E-state index is 0.135. The monoisotopic (exact) mass is 768 g/mol. The number of phosphoric ester groups is 1. The molecule has 0 aliphatic heterocycles. The second-order valence-corrected chi connectivity index (χ2v) is 14.8. The van der Waals surface area contributed by atoms with E-state index in [2.05, 4.69) is 42.7 Å². The summed E-state index contributed by atoms with van der Waals surface area (Å²) in [6.45, 7) is 2.16. The van der Waals surface area contributed by atoms with E-state index in [1.165, 1.54) is 64.2 Å². The zero-order valence-electron chi connectivity index (χ0n) is 33.0. The van der Waals surface area contributed by atoms with Crippen molar-refractivity contribution in [2.24, 2.45) is 0 Å². The quantitative estimate of drug-likeness (QED) is 0.0183. The summed E-state index contributed by atoms with van der Waals surface area (Å²) in [7, 11) is -4.63. The smallest absolute Gasteiger partial charge is 0.462 e. The largest absolute Gasteiger partial charge is 0.472 e. The standard InChI is InChI=1S/C42H73O10P/c1-3-5-7-9-11-13-15-17-18-19-20-22-23-25-27-29-31-33-41(45)49-37-40(38-51-53(47,48)50-36-39(44)35-43)52-42(46)34-32-30-28-26-24-21-16-14-12-10-8-6-4-2/h6,8,10,12,14,16-18,21,24,39-40,43-44H,3-5,7,9,11,13,15,19-20,22-23,25-38H2,1-2H3,(H,47,48)/b8-6+,12-10+,16-14+,18-17+,24-21+/t39-,40?/m0/s1. The average Bonchev–Trinajstić information content (AvgIpc) is 3.14. The number of unbranched alkanes of at least 4 members (excludes halogenated alkanes) is 16. The van der Waals surface area contributed by atoms with Gasteiger partial charge in [0.2, 0.25) is 0 Å². The van der Waals surface area contributed by atoms with E-state index in [4.69, 9.17) is 19.1 Å². The Hall–Kier alpha value is -2.33. The van der Waals surface area contributed by atoms with Gasteiger partial charge in [-0.2, -0.15) is 0 Å². The summed E-state index contributed by atoms with van der Waals surface area (Å²) < 4.78 is 32.6. The van der Waals surface area contributed by atoms with Crippen LogP contribution in [0.15, 0.2) is 60.8 Å². The molecule has 0 heterocycles. The van der Waals surface area contributed by atoms with Gasteiger partial charge >= 0.3 is 19.8 Å². The van der Waals surface area contributed by atoms with Gasteiger partial charge in [-0.05, 0) is 57.8 Å². The number of allylic oxidation sites excluding steroid dienone is 10. The van der Waals surface area contributed by atoms with Crippen LogP contribution in [0.25, 0.3) is 0 Å². The van der Waals surface area contributed by atoms with Crippen LogP contribution in [0.1, 0.15) is 155 Å². The first-order valence-corrected chi connectivity index (χ1v) is 21.8. The normalized spacial score (nSPS) is 14.6. The molecule has 0 aromatic rings. The minimum Gasteiger partial charge on any atom is -0.462 e. The molecule has 0 saturated carbocycles. The van der Waals surface area contributed by atoms with Gasteiger partial charge in [0.25, 0.3) is 0 Å². The highest BCUT2D eigenvalue weighted by atomic mass is 31.2. The molecule has 0 aliphatic rings. The second kappa shape index (κ2) is 38.0. The van der Waals surface area contributed by atoms with E-state index < -0.39 is 51.8 Å². The first kappa shape index (κ1) is 50.7. The molecule has 11 heteroatoms. The van der Waals surface area contributed by atoms with Crippen LogP contribution in [0.2, 0.25) is 0 Å². The topological polar surface area (TPSA) is 149 Å². The van der Waals surface area contributed by atoms with Crippen LogP contribution in [-0.2, 0) is 32.7 Å². The number of carbonyl (C=O) groups excluding carboxylic acids is 2. The van der Waals surface area contributed by atoms with Crippen LogP contribution >= 0.6 is 7.82 Å². The van der Waals surface area contributed by atoms with Crippen LogP contribution in [0.4, 0.5) is 0 Å². The molecule has 10 nitrogen and oxygen atoms in total. The molecule has 0 saturated heterocycles. The Morgan fingerprint density at radius 1 is 0.585 bits per heavy atom. The Labute approximate surface area is 321 Å². The molecule has 0 radical (unpaired) electrons. The van der Waals surface area contributed by atoms with Gasteiger partial charge in [0.15, 0.2) is 6.10 Å². The van der Waals surface area contributed by atoms with Crippen molar-refractivity contribution in [2.45, 2.75) is 167 Å². The predicted molar refractivity (Wildman–Crippen MR) is 214 cm³/mol. The third kappa shape index (κ3) is 37.8. The van der Waals surface area contributed by atoms with Crippen molar-refractivity contribution in [3.05, 3.63) is 60.8 Å². The summed E-state index contributed by atoms with van der Waals surface area (Å²) >= 11 is 0. The number of aliphatic hydroxyl groups excluding tert-OH is 2. The molecule has 0 spiro atoms. The molecule has 0 aromatic heterocycles. The molecule has 0 fully saturated rings. The van der Waals surface area contributed by atoms with Crippen molar-refractivity contribution in [2.75, 3.05) is 26.4 Å². The molecule has 0 aromatic carbocycles. The summed E-state index contributed by atoms with van der Waals surface area (Å²) in [4.78, 5) is 34.9. The Morgan fingerprint density at radius 2 is 1.06 bits per heavy atom. The Kier molecular flexibility index (Phi) is 36.3. The van der Waals surface area contributed by atoms with E-state index in [1.54, 1.807) is 0 Å². The van der Waals surface area contributed by atoms with Crippen molar-refractivity contribution in [3.63, 3.8) is 0 Å². The lowest BCUT2D eigenvalue weighted by molar-refractivity contribution is -0.161. The SMILES string of the molecule is CC/C=C/C=C/C=C/C=C/CCCCCC(=O)OC(COC(=O)CCCCCCCCC/C=C/CCCCCCCC)COP(=O)(O)OC[C@@H](O)CO. The number of phosphoric acid groups is 1. The molecule has 0 amide bonds. The van der Waals surface area contributed by atoms with Gasteiger partial charge in [0.05, 0.1) is 19.8 Å². The second-order valence-electron chi connectivity index (χ2n) is 13.4. The number of carbonyl (C=O) groups is 2. The van der Waals surface area contributed by atoms with E-state index in [9.17, 15) is 24.2 Å². The van der Waals surface area contributed by atoms with Crippen molar-refractivity contribution in [3.8, 4) is 0 Å². The van der Waals surface area contributed by atoms with Crippen LogP contribution in [0.3, 0.4) is 0 Å². The first-order chi connectivity index (χ1) is 25.7. The summed E-state index contributed by atoms with van der Waals surface area (Å²) in [5.41, 5.74) is 0. The van der Waals surface area contributed by atoms with Gasteiger partial charge in [-0.1, -0.05) is 145 Å². The number of esters is 2. The van der Waals surface area contributed by atoms with Crippen LogP contribution < -0.4 is 0 Å². The molecule has 306 valence electrons. The maximum Gasteiger partial charge on any atom is 0.472 e. The van der Waals surface area contributed by atoms with Crippen LogP contribution in [0.5, 0.6) is 0 Å². The molecular weight excluding hydrogens is 695 g/mol. The lowest BCUT2D eigenvalue weighted by Gasteiger charge is -2.20. The lowest BCUT2D eigenvalue weighted by atomic mass is 10.1. The van der Waals surface area contributed by atoms with Crippen LogP contribution in [0, 0.1) is 0 Å². The van der Waals surface area contributed by atoms with Gasteiger partial charge in [0, 0.05) is 12.8 Å². The number of ether oxygens (including phenoxy) is 2. The van der Waals surface area contributed by atoms with Crippen molar-refractivity contribution in [1.82, 2.24) is 0 Å². The zero-order valence-corrected chi connectivity index (χ0v) is 33.9. The maximum absolute atomic E-state index is 12.5. The van der Waals surface area contributed by atoms with Gasteiger partial charge in [-0.15, -0.1) is 0 Å². The highest BCUT2D eigenvalue weighted by molar-refractivity contribution is 7.47. The van der Waals surface area contributed by atoms with Gasteiger partial charge < -0.3 is 24.6 Å². The van der Waals surface area contributed by atoms with E-state index in [-0.39, 0.29) is 19.4 Å². The molecule has 0 aliphatic carbocycles. The first-order valence-electron chi connectivity index (χ1n) is 20.3. The number of hydrogen-bond donors (Lipinski definition) is 3. The van der Waals surface area contributed by atoms with Gasteiger partial charge in [-0.3, -0.25) is 18.6 Å². The highest BCUT2D eigenvalue weighted by Gasteiger charge is 2.27. The molecule has 3 N–H and O–H groups in total. The van der Waals surface area contributed by atoms with Gasteiger partial charge in [0.1, 0.15) is 12.7 Å². The summed E-state index contributed by atoms with van der Waals surface area (Å²) in [6, 6.07) is 0. The van der Waals surface area contributed by atoms with Crippen LogP contribution in [-0.4, -0.2) is 65.7 Å². The summed E-state index contributed by atoms with van der Waals surface area (Å²) in [5.74, 6) is -0.980. The predicted octanol–water partition coefficient (Wildman–Crippen LogP) is 10.3. The Morgan fingerprint density at radius 3 is 1.64 bits per heavy atom. The van der Waals surface area contributed by atoms with E-state index in [0.717, 1.165) is 51.4 Å². The average molecular weight is 769 g/mol. The van der Waals surface area contributed by atoms with E-state index in [1.807, 2.05) is 36.5 Å². The fourth-order valence-electron chi connectivity index (χ4n) is 5.11. The third-order valence-electron chi connectivity index (χ3n) is 8.25. The van der Waals surface area contributed by atoms with Gasteiger partial charge in [-0.25, -0.2) is 4.57 Å². The Balaban J connectivity index is 4.38. The minimum atomic E-state index is -4.63. The molecule has 2 unspecified atom stereocenters. The number of rotatable bonds is 37. The summed E-state index contributed by atoms with van der Waals surface area (Å²) in [6.07, 6.45) is 40.5. The molecule has 3 atom stereocenters. The molecule has 53 heavy (non-hydrogen) atoms. The number of hydrogen-bond acceptors (Lipinski definition) is 9. The highest BCUT2D eigenvalue weighted by Crippen LogP contribution is 2.43. The fraction of sp³-hybridized carbons (Fsp3) is 0.714. The van der Waals surface area contributed by atoms with E-state index >= 15 is 0 Å². The fourth-order valence-corrected chi connectivity index (χ4v) is 5.90. The lowest BCUT2D eigenvalue weighted by Crippen LogP contribution is -2.29. The third-order valence-corrected chi connectivity index (χ3v) is 9.20. The summed E-state index contributed by atoms with van der Waals surface area (Å²) in [5, 5.41) is 18.3. The van der Waals surface area contributed by atoms with Crippen molar-refractivity contribution in [1.29, 1.82) is 0 Å². The van der Waals surface area contributed by atoms with Crippen molar-refractivity contribution >= 4 is 19.8 Å². The number of aliphatic hydroxyl groups is 2. The van der Waals surface area contributed by atoms with E-state index in [0.29, 0.717) is 12.8 Å². The molecule has 0 bridgehead atoms. The maximum atomic E-state index is 12.5.